The van der Waals surface area contributed by atoms with E-state index >= 15 is 0 Å². The predicted molar refractivity (Wildman–Crippen MR) is 68.2 cm³/mol. The molecule has 1 rings (SSSR count). The van der Waals surface area contributed by atoms with Crippen LogP contribution in [0.5, 0.6) is 0 Å². The van der Waals surface area contributed by atoms with Gasteiger partial charge in [0.1, 0.15) is 0 Å². The second-order valence-electron chi connectivity index (χ2n) is 3.87. The van der Waals surface area contributed by atoms with E-state index in [0.29, 0.717) is 5.88 Å². The van der Waals surface area contributed by atoms with E-state index in [1.165, 1.54) is 0 Å². The maximum atomic E-state index is 5.91. The summed E-state index contributed by atoms with van der Waals surface area (Å²) in [5, 5.41) is 3.42. The number of hydrogen-bond acceptors (Lipinski definition) is 2. The van der Waals surface area contributed by atoms with Gasteiger partial charge >= 0.3 is 0 Å². The van der Waals surface area contributed by atoms with E-state index in [1.54, 1.807) is 6.20 Å². The first-order valence-corrected chi connectivity index (χ1v) is 6.34. The van der Waals surface area contributed by atoms with Gasteiger partial charge < -0.3 is 5.32 Å². The van der Waals surface area contributed by atoms with Crippen molar-refractivity contribution in [2.75, 3.05) is 5.88 Å². The Kier molecular flexibility index (Phi) is 5.03. The van der Waals surface area contributed by atoms with Gasteiger partial charge in [-0.1, -0.05) is 6.92 Å². The van der Waals surface area contributed by atoms with Gasteiger partial charge in [-0.3, -0.25) is 4.98 Å². The van der Waals surface area contributed by atoms with Gasteiger partial charge in [0.25, 0.3) is 0 Å². The summed E-state index contributed by atoms with van der Waals surface area (Å²) >= 11 is 9.27. The smallest absolute Gasteiger partial charge is 0.0542 e. The number of nitrogens with one attached hydrogen (secondary N) is 1. The molecule has 1 heterocycles. The Morgan fingerprint density at radius 2 is 2.27 bits per heavy atom. The van der Waals surface area contributed by atoms with Crippen LogP contribution in [0.2, 0.25) is 0 Å². The van der Waals surface area contributed by atoms with Crippen LogP contribution in [0, 0.1) is 0 Å². The van der Waals surface area contributed by atoms with Gasteiger partial charge in [0, 0.05) is 28.6 Å². The summed E-state index contributed by atoms with van der Waals surface area (Å²) in [4.78, 5) is 4.30. The third-order valence-corrected chi connectivity index (χ3v) is 3.62. The minimum atomic E-state index is -0.00366. The molecule has 1 aromatic heterocycles. The molecule has 0 bridgehead atoms. The van der Waals surface area contributed by atoms with E-state index in [0.717, 1.165) is 23.1 Å². The second kappa shape index (κ2) is 5.83. The van der Waals surface area contributed by atoms with Gasteiger partial charge in [-0.25, -0.2) is 0 Å². The lowest BCUT2D eigenvalue weighted by atomic mass is 10.0. The van der Waals surface area contributed by atoms with Crippen molar-refractivity contribution in [2.24, 2.45) is 0 Å². The average Bonchev–Trinajstić information content (AvgIpc) is 2.28. The molecule has 1 aromatic rings. The Morgan fingerprint density at radius 1 is 1.53 bits per heavy atom. The van der Waals surface area contributed by atoms with Crippen LogP contribution in [0.15, 0.2) is 22.8 Å². The van der Waals surface area contributed by atoms with Crippen LogP contribution in [-0.2, 0) is 6.54 Å². The first-order valence-electron chi connectivity index (χ1n) is 5.01. The van der Waals surface area contributed by atoms with Crippen LogP contribution in [0.4, 0.5) is 0 Å². The molecule has 0 aliphatic carbocycles. The molecule has 1 unspecified atom stereocenters. The SMILES string of the molecule is CCC(C)(CCl)NCc1ccc(Br)cn1. The molecule has 4 heteroatoms. The van der Waals surface area contributed by atoms with Crippen LogP contribution < -0.4 is 5.32 Å². The number of halogens is 2. The lowest BCUT2D eigenvalue weighted by Crippen LogP contribution is -2.43. The number of nitrogens with zero attached hydrogens (tertiary/aromatic N) is 1. The highest BCUT2D eigenvalue weighted by Gasteiger charge is 2.19. The van der Waals surface area contributed by atoms with Crippen molar-refractivity contribution in [3.63, 3.8) is 0 Å². The Morgan fingerprint density at radius 3 is 2.73 bits per heavy atom. The van der Waals surface area contributed by atoms with Crippen LogP contribution >= 0.6 is 27.5 Å². The fourth-order valence-electron chi connectivity index (χ4n) is 1.08. The van der Waals surface area contributed by atoms with Crippen molar-refractivity contribution in [1.29, 1.82) is 0 Å². The zero-order valence-electron chi connectivity index (χ0n) is 9.06. The predicted octanol–water partition coefficient (Wildman–Crippen LogP) is 3.34. The fourth-order valence-corrected chi connectivity index (χ4v) is 1.60. The highest BCUT2D eigenvalue weighted by Crippen LogP contribution is 2.13. The zero-order valence-corrected chi connectivity index (χ0v) is 11.4. The molecule has 0 aliphatic heterocycles. The number of pyridine rings is 1. The summed E-state index contributed by atoms with van der Waals surface area (Å²) in [5.41, 5.74) is 1.03. The van der Waals surface area contributed by atoms with E-state index in [-0.39, 0.29) is 5.54 Å². The summed E-state index contributed by atoms with van der Waals surface area (Å²) in [5.74, 6) is 0.611. The summed E-state index contributed by atoms with van der Waals surface area (Å²) in [6.07, 6.45) is 2.81. The van der Waals surface area contributed by atoms with Crippen molar-refractivity contribution < 1.29 is 0 Å². The monoisotopic (exact) mass is 290 g/mol. The molecular formula is C11H16BrClN2. The molecular weight excluding hydrogens is 275 g/mol. The van der Waals surface area contributed by atoms with Gasteiger partial charge in [-0.2, -0.15) is 0 Å². The van der Waals surface area contributed by atoms with Crippen molar-refractivity contribution in [2.45, 2.75) is 32.4 Å². The largest absolute Gasteiger partial charge is 0.305 e. The minimum Gasteiger partial charge on any atom is -0.305 e. The normalized spacial score (nSPS) is 14.9. The molecule has 0 amide bonds. The average molecular weight is 292 g/mol. The Balaban J connectivity index is 2.53. The van der Waals surface area contributed by atoms with E-state index < -0.39 is 0 Å². The molecule has 0 saturated carbocycles. The highest BCUT2D eigenvalue weighted by molar-refractivity contribution is 9.10. The van der Waals surface area contributed by atoms with Crippen LogP contribution in [-0.4, -0.2) is 16.4 Å². The van der Waals surface area contributed by atoms with Crippen molar-refractivity contribution >= 4 is 27.5 Å². The van der Waals surface area contributed by atoms with E-state index in [2.05, 4.69) is 40.1 Å². The molecule has 1 atom stereocenters. The number of alkyl halides is 1. The van der Waals surface area contributed by atoms with Crippen molar-refractivity contribution in [3.05, 3.63) is 28.5 Å². The third-order valence-electron chi connectivity index (χ3n) is 2.56. The van der Waals surface area contributed by atoms with Crippen molar-refractivity contribution in [1.82, 2.24) is 10.3 Å². The highest BCUT2D eigenvalue weighted by atomic mass is 79.9. The molecule has 1 N–H and O–H groups in total. The van der Waals surface area contributed by atoms with Gasteiger partial charge in [0.05, 0.1) is 5.69 Å². The lowest BCUT2D eigenvalue weighted by molar-refractivity contribution is 0.377. The Hall–Kier alpha value is -0.120. The van der Waals surface area contributed by atoms with Gasteiger partial charge in [0.15, 0.2) is 0 Å². The molecule has 15 heavy (non-hydrogen) atoms. The van der Waals surface area contributed by atoms with Crippen LogP contribution in [0.3, 0.4) is 0 Å². The summed E-state index contributed by atoms with van der Waals surface area (Å²) in [7, 11) is 0. The number of aromatic nitrogens is 1. The van der Waals surface area contributed by atoms with E-state index in [9.17, 15) is 0 Å². The summed E-state index contributed by atoms with van der Waals surface area (Å²) in [6.45, 7) is 5.01. The fraction of sp³-hybridized carbons (Fsp3) is 0.545. The molecule has 0 aromatic carbocycles. The van der Waals surface area contributed by atoms with E-state index in [1.807, 2.05) is 12.1 Å². The Labute approximate surface area is 105 Å². The first-order chi connectivity index (χ1) is 7.09. The topological polar surface area (TPSA) is 24.9 Å². The van der Waals surface area contributed by atoms with Crippen molar-refractivity contribution in [3.8, 4) is 0 Å². The third kappa shape index (κ3) is 4.09. The maximum absolute atomic E-state index is 5.91. The van der Waals surface area contributed by atoms with Crippen LogP contribution in [0.1, 0.15) is 26.0 Å². The molecule has 0 fully saturated rings. The molecule has 0 radical (unpaired) electrons. The van der Waals surface area contributed by atoms with E-state index in [4.69, 9.17) is 11.6 Å². The molecule has 2 nitrogen and oxygen atoms in total. The second-order valence-corrected chi connectivity index (χ2v) is 5.05. The Bertz CT molecular complexity index is 296. The number of hydrogen-bond donors (Lipinski definition) is 1. The molecule has 84 valence electrons. The quantitative estimate of drug-likeness (QED) is 0.842. The van der Waals surface area contributed by atoms with Gasteiger partial charge in [0.2, 0.25) is 0 Å². The summed E-state index contributed by atoms with van der Waals surface area (Å²) < 4.78 is 1.00. The minimum absolute atomic E-state index is 0.00366. The van der Waals surface area contributed by atoms with Crippen LogP contribution in [0.25, 0.3) is 0 Å². The molecule has 0 spiro atoms. The number of rotatable bonds is 5. The standard InChI is InChI=1S/C11H16BrClN2/c1-3-11(2,8-13)15-7-10-5-4-9(12)6-14-10/h4-6,15H,3,7-8H2,1-2H3. The summed E-state index contributed by atoms with van der Waals surface area (Å²) in [6, 6.07) is 4.00. The zero-order chi connectivity index (χ0) is 11.3. The maximum Gasteiger partial charge on any atom is 0.0542 e. The molecule has 0 aliphatic rings. The first kappa shape index (κ1) is 12.9. The molecule has 0 saturated heterocycles. The van der Waals surface area contributed by atoms with Gasteiger partial charge in [-0.05, 0) is 41.4 Å². The lowest BCUT2D eigenvalue weighted by Gasteiger charge is -2.26. The van der Waals surface area contributed by atoms with Gasteiger partial charge in [-0.15, -0.1) is 11.6 Å².